The van der Waals surface area contributed by atoms with E-state index in [0.717, 1.165) is 23.3 Å². The lowest BCUT2D eigenvalue weighted by Gasteiger charge is -2.18. The Labute approximate surface area is 198 Å². The molecule has 0 bridgehead atoms. The van der Waals surface area contributed by atoms with Crippen LogP contribution in [-0.2, 0) is 30.8 Å². The molecular weight excluding hydrogens is 459 g/mol. The van der Waals surface area contributed by atoms with Crippen LogP contribution in [0.25, 0.3) is 0 Å². The molecule has 1 atom stereocenters. The zero-order valence-corrected chi connectivity index (χ0v) is 19.6. The lowest BCUT2D eigenvalue weighted by Crippen LogP contribution is -2.44. The van der Waals surface area contributed by atoms with Gasteiger partial charge >= 0.3 is 5.97 Å². The summed E-state index contributed by atoms with van der Waals surface area (Å²) < 4.78 is 47.0. The van der Waals surface area contributed by atoms with Crippen LogP contribution in [0, 0.1) is 19.7 Å². The highest BCUT2D eigenvalue weighted by Crippen LogP contribution is 2.19. The molecule has 7 nitrogen and oxygen atoms in total. The van der Waals surface area contributed by atoms with E-state index < -0.39 is 45.3 Å². The van der Waals surface area contributed by atoms with Crippen molar-refractivity contribution in [1.29, 1.82) is 0 Å². The van der Waals surface area contributed by atoms with Crippen LogP contribution >= 0.6 is 0 Å². The van der Waals surface area contributed by atoms with Gasteiger partial charge < -0.3 is 10.1 Å². The van der Waals surface area contributed by atoms with Crippen molar-refractivity contribution in [2.75, 3.05) is 11.9 Å². The molecule has 3 rings (SSSR count). The number of rotatable bonds is 9. The molecule has 0 unspecified atom stereocenters. The Hall–Kier alpha value is -3.56. The standard InChI is InChI=1S/C25H25FN2O5S/c1-17-9-8-10-18(2)24(17)27-23(29)16-33-25(30)21(15-19-11-4-3-5-12-19)28-34(31,32)22-14-7-6-13-20(22)26/h3-14,21,28H,15-16H2,1-2H3,(H,27,29)/t21-/m0/s1. The average molecular weight is 485 g/mol. The number of anilines is 1. The molecule has 0 aliphatic rings. The van der Waals surface area contributed by atoms with Crippen molar-refractivity contribution in [3.8, 4) is 0 Å². The lowest BCUT2D eigenvalue weighted by atomic mass is 10.1. The smallest absolute Gasteiger partial charge is 0.325 e. The highest BCUT2D eigenvalue weighted by Gasteiger charge is 2.29. The van der Waals surface area contributed by atoms with Crippen LogP contribution in [0.15, 0.2) is 77.7 Å². The number of carbonyl (C=O) groups is 2. The Balaban J connectivity index is 1.74. The third kappa shape index (κ3) is 6.49. The van der Waals surface area contributed by atoms with Gasteiger partial charge in [-0.1, -0.05) is 60.7 Å². The predicted molar refractivity (Wildman–Crippen MR) is 126 cm³/mol. The molecule has 0 aliphatic heterocycles. The van der Waals surface area contributed by atoms with Crippen molar-refractivity contribution in [2.24, 2.45) is 0 Å². The molecule has 9 heteroatoms. The number of benzene rings is 3. The summed E-state index contributed by atoms with van der Waals surface area (Å²) in [6, 6.07) is 17.7. The second kappa shape index (κ2) is 11.0. The van der Waals surface area contributed by atoms with Gasteiger partial charge in [0.1, 0.15) is 16.8 Å². The monoisotopic (exact) mass is 484 g/mol. The van der Waals surface area contributed by atoms with E-state index in [4.69, 9.17) is 4.74 Å². The molecule has 0 aliphatic carbocycles. The fourth-order valence-electron chi connectivity index (χ4n) is 3.36. The summed E-state index contributed by atoms with van der Waals surface area (Å²) in [7, 11) is -4.38. The third-order valence-corrected chi connectivity index (χ3v) is 6.59. The van der Waals surface area contributed by atoms with Gasteiger partial charge in [-0.05, 0) is 49.1 Å². The Bertz CT molecular complexity index is 1260. The number of amides is 1. The largest absolute Gasteiger partial charge is 0.454 e. The number of carbonyl (C=O) groups excluding carboxylic acids is 2. The first-order valence-corrected chi connectivity index (χ1v) is 12.0. The van der Waals surface area contributed by atoms with Gasteiger partial charge in [-0.3, -0.25) is 9.59 Å². The average Bonchev–Trinajstić information content (AvgIpc) is 2.80. The van der Waals surface area contributed by atoms with E-state index in [1.54, 1.807) is 30.3 Å². The lowest BCUT2D eigenvalue weighted by molar-refractivity contribution is -0.149. The Morgan fingerprint density at radius 3 is 2.18 bits per heavy atom. The summed E-state index contributed by atoms with van der Waals surface area (Å²) >= 11 is 0. The molecule has 2 N–H and O–H groups in total. The van der Waals surface area contributed by atoms with Gasteiger partial charge in [0.05, 0.1) is 0 Å². The molecule has 0 spiro atoms. The Morgan fingerprint density at radius 2 is 1.53 bits per heavy atom. The number of sulfonamides is 1. The van der Waals surface area contributed by atoms with Crippen LogP contribution in [0.5, 0.6) is 0 Å². The van der Waals surface area contributed by atoms with Crippen molar-refractivity contribution in [1.82, 2.24) is 4.72 Å². The number of esters is 1. The molecule has 178 valence electrons. The van der Waals surface area contributed by atoms with E-state index in [2.05, 4.69) is 10.0 Å². The minimum Gasteiger partial charge on any atom is -0.454 e. The molecule has 1 amide bonds. The molecule has 0 aromatic heterocycles. The zero-order valence-electron chi connectivity index (χ0n) is 18.7. The number of ether oxygens (including phenoxy) is 1. The highest BCUT2D eigenvalue weighted by atomic mass is 32.2. The maximum atomic E-state index is 14.1. The quantitative estimate of drug-likeness (QED) is 0.453. The zero-order chi connectivity index (χ0) is 24.7. The van der Waals surface area contributed by atoms with Gasteiger partial charge in [0.25, 0.3) is 5.91 Å². The van der Waals surface area contributed by atoms with Gasteiger partial charge in [0.15, 0.2) is 6.61 Å². The van der Waals surface area contributed by atoms with Crippen LogP contribution in [0.1, 0.15) is 16.7 Å². The molecule has 0 saturated carbocycles. The fourth-order valence-corrected chi connectivity index (χ4v) is 4.62. The normalized spacial score (nSPS) is 12.1. The molecule has 0 radical (unpaired) electrons. The summed E-state index contributed by atoms with van der Waals surface area (Å²) in [4.78, 5) is 24.6. The number of halogens is 1. The molecule has 34 heavy (non-hydrogen) atoms. The van der Waals surface area contributed by atoms with Crippen molar-refractivity contribution in [3.63, 3.8) is 0 Å². The van der Waals surface area contributed by atoms with Gasteiger partial charge in [-0.15, -0.1) is 0 Å². The summed E-state index contributed by atoms with van der Waals surface area (Å²) in [6.07, 6.45) is -0.0497. The topological polar surface area (TPSA) is 102 Å². The van der Waals surface area contributed by atoms with Gasteiger partial charge in [0, 0.05) is 5.69 Å². The van der Waals surface area contributed by atoms with E-state index in [0.29, 0.717) is 11.3 Å². The molecule has 0 saturated heterocycles. The van der Waals surface area contributed by atoms with Gasteiger partial charge in [-0.25, -0.2) is 12.8 Å². The number of nitrogens with one attached hydrogen (secondary N) is 2. The van der Waals surface area contributed by atoms with E-state index in [9.17, 15) is 22.4 Å². The first-order valence-electron chi connectivity index (χ1n) is 10.5. The fraction of sp³-hybridized carbons (Fsp3) is 0.200. The Kier molecular flexibility index (Phi) is 8.14. The van der Waals surface area contributed by atoms with E-state index in [1.165, 1.54) is 12.1 Å². The van der Waals surface area contributed by atoms with Crippen LogP contribution in [0.3, 0.4) is 0 Å². The molecule has 3 aromatic carbocycles. The van der Waals surface area contributed by atoms with Crippen LogP contribution < -0.4 is 10.0 Å². The Morgan fingerprint density at radius 1 is 0.912 bits per heavy atom. The van der Waals surface area contributed by atoms with Crippen LogP contribution in [0.2, 0.25) is 0 Å². The van der Waals surface area contributed by atoms with Crippen molar-refractivity contribution >= 4 is 27.6 Å². The first-order chi connectivity index (χ1) is 16.2. The number of para-hydroxylation sites is 1. The van der Waals surface area contributed by atoms with Gasteiger partial charge in [0.2, 0.25) is 10.0 Å². The number of hydrogen-bond acceptors (Lipinski definition) is 5. The second-order valence-corrected chi connectivity index (χ2v) is 9.40. The first kappa shape index (κ1) is 25.1. The summed E-state index contributed by atoms with van der Waals surface area (Å²) in [5.74, 6) is -2.48. The number of hydrogen-bond donors (Lipinski definition) is 2. The van der Waals surface area contributed by atoms with E-state index in [1.807, 2.05) is 32.0 Å². The number of aryl methyl sites for hydroxylation is 2. The van der Waals surface area contributed by atoms with Crippen molar-refractivity contribution in [2.45, 2.75) is 31.2 Å². The predicted octanol–water partition coefficient (Wildman–Crippen LogP) is 3.51. The van der Waals surface area contributed by atoms with Crippen LogP contribution in [-0.4, -0.2) is 32.9 Å². The second-order valence-electron chi connectivity index (χ2n) is 7.72. The maximum absolute atomic E-state index is 14.1. The summed E-state index contributed by atoms with van der Waals surface area (Å²) in [6.45, 7) is 3.06. The summed E-state index contributed by atoms with van der Waals surface area (Å²) in [5.41, 5.74) is 2.96. The highest BCUT2D eigenvalue weighted by molar-refractivity contribution is 7.89. The van der Waals surface area contributed by atoms with E-state index in [-0.39, 0.29) is 6.42 Å². The van der Waals surface area contributed by atoms with Gasteiger partial charge in [-0.2, -0.15) is 4.72 Å². The van der Waals surface area contributed by atoms with Crippen LogP contribution in [0.4, 0.5) is 10.1 Å². The maximum Gasteiger partial charge on any atom is 0.325 e. The molecule has 0 heterocycles. The SMILES string of the molecule is Cc1cccc(C)c1NC(=O)COC(=O)[C@H](Cc1ccccc1)NS(=O)(=O)c1ccccc1F. The molecule has 3 aromatic rings. The molecular formula is C25H25FN2O5S. The third-order valence-electron chi connectivity index (χ3n) is 5.08. The molecule has 0 fully saturated rings. The minimum atomic E-state index is -4.38. The van der Waals surface area contributed by atoms with Crippen molar-refractivity contribution < 1.29 is 27.1 Å². The van der Waals surface area contributed by atoms with Crippen molar-refractivity contribution in [3.05, 3.63) is 95.3 Å². The summed E-state index contributed by atoms with van der Waals surface area (Å²) in [5, 5.41) is 2.70. The van der Waals surface area contributed by atoms with E-state index >= 15 is 0 Å². The minimum absolute atomic E-state index is 0.0497.